The Morgan fingerprint density at radius 3 is 1.67 bits per heavy atom. The predicted octanol–water partition coefficient (Wildman–Crippen LogP) is 4.61. The second-order valence-electron chi connectivity index (χ2n) is 6.87. The van der Waals surface area contributed by atoms with Crippen molar-refractivity contribution < 1.29 is 9.53 Å². The molecule has 1 atom stereocenters. The van der Waals surface area contributed by atoms with Crippen molar-refractivity contribution in [3.8, 4) is 0 Å². The number of esters is 1. The summed E-state index contributed by atoms with van der Waals surface area (Å²) in [5.74, 6) is -0.332. The first-order chi connectivity index (χ1) is 13.1. The second-order valence-corrected chi connectivity index (χ2v) is 6.87. The molecule has 3 aromatic rings. The van der Waals surface area contributed by atoms with E-state index in [1.54, 1.807) is 12.1 Å². The Labute approximate surface area is 161 Å². The maximum Gasteiger partial charge on any atom is 0.338 e. The number of carbonyl (C=O) groups is 1. The van der Waals surface area contributed by atoms with E-state index in [0.717, 1.165) is 11.1 Å². The van der Waals surface area contributed by atoms with Crippen molar-refractivity contribution in [2.75, 3.05) is 20.6 Å². The van der Waals surface area contributed by atoms with E-state index >= 15 is 0 Å². The molecule has 0 aliphatic carbocycles. The zero-order valence-electron chi connectivity index (χ0n) is 15.8. The van der Waals surface area contributed by atoms with Crippen LogP contribution in [0.1, 0.15) is 27.4 Å². The van der Waals surface area contributed by atoms with Gasteiger partial charge in [-0.1, -0.05) is 78.9 Å². The third-order valence-corrected chi connectivity index (χ3v) is 4.50. The maximum absolute atomic E-state index is 12.8. The van der Waals surface area contributed by atoms with Crippen LogP contribution in [0.25, 0.3) is 0 Å². The van der Waals surface area contributed by atoms with Crippen molar-refractivity contribution in [3.63, 3.8) is 0 Å². The Kier molecular flexibility index (Phi) is 6.39. The van der Waals surface area contributed by atoms with E-state index in [-0.39, 0.29) is 18.0 Å². The molecule has 0 N–H and O–H groups in total. The number of hydrogen-bond donors (Lipinski definition) is 0. The van der Waals surface area contributed by atoms with E-state index < -0.39 is 0 Å². The summed E-state index contributed by atoms with van der Waals surface area (Å²) in [6.07, 6.45) is -0.308. The molecule has 27 heavy (non-hydrogen) atoms. The standard InChI is InChI=1S/C24H25NO2/c1-25(2)18-22(27-24(26)21-16-10-5-11-17-21)23(19-12-6-3-7-13-19)20-14-8-4-9-15-20/h3-17,22-23H,18H2,1-2H3. The highest BCUT2D eigenvalue weighted by Crippen LogP contribution is 2.30. The molecule has 0 aliphatic heterocycles. The topological polar surface area (TPSA) is 29.5 Å². The second kappa shape index (κ2) is 9.15. The van der Waals surface area contributed by atoms with Gasteiger partial charge in [-0.25, -0.2) is 4.79 Å². The Morgan fingerprint density at radius 2 is 1.22 bits per heavy atom. The van der Waals surface area contributed by atoms with Gasteiger partial charge in [0, 0.05) is 12.5 Å². The minimum absolute atomic E-state index is 0.0394. The van der Waals surface area contributed by atoms with Crippen molar-refractivity contribution in [1.29, 1.82) is 0 Å². The van der Waals surface area contributed by atoms with Crippen LogP contribution < -0.4 is 0 Å². The van der Waals surface area contributed by atoms with Crippen LogP contribution in [0.4, 0.5) is 0 Å². The fourth-order valence-electron chi connectivity index (χ4n) is 3.29. The number of nitrogens with zero attached hydrogens (tertiary/aromatic N) is 1. The lowest BCUT2D eigenvalue weighted by Crippen LogP contribution is -2.36. The number of ether oxygens (including phenoxy) is 1. The highest BCUT2D eigenvalue weighted by molar-refractivity contribution is 5.89. The number of benzene rings is 3. The average Bonchev–Trinajstić information content (AvgIpc) is 2.70. The molecular weight excluding hydrogens is 334 g/mol. The van der Waals surface area contributed by atoms with Gasteiger partial charge in [-0.2, -0.15) is 0 Å². The molecule has 1 unspecified atom stereocenters. The van der Waals surface area contributed by atoms with Gasteiger partial charge < -0.3 is 9.64 Å². The molecule has 0 saturated heterocycles. The highest BCUT2D eigenvalue weighted by atomic mass is 16.5. The van der Waals surface area contributed by atoms with Crippen LogP contribution in [0.3, 0.4) is 0 Å². The van der Waals surface area contributed by atoms with Crippen molar-refractivity contribution in [3.05, 3.63) is 108 Å². The van der Waals surface area contributed by atoms with Gasteiger partial charge in [0.25, 0.3) is 0 Å². The monoisotopic (exact) mass is 359 g/mol. The van der Waals surface area contributed by atoms with E-state index in [0.29, 0.717) is 12.1 Å². The molecule has 0 aliphatic rings. The molecule has 0 aromatic heterocycles. The zero-order valence-corrected chi connectivity index (χ0v) is 15.8. The molecule has 0 radical (unpaired) electrons. The lowest BCUT2D eigenvalue weighted by Gasteiger charge is -2.30. The van der Waals surface area contributed by atoms with Crippen LogP contribution in [0.15, 0.2) is 91.0 Å². The quantitative estimate of drug-likeness (QED) is 0.577. The van der Waals surface area contributed by atoms with Crippen LogP contribution in [0.2, 0.25) is 0 Å². The number of likely N-dealkylation sites (N-methyl/N-ethyl adjacent to an activating group) is 1. The van der Waals surface area contributed by atoms with E-state index in [2.05, 4.69) is 29.2 Å². The molecule has 0 amide bonds. The van der Waals surface area contributed by atoms with E-state index in [1.807, 2.05) is 68.7 Å². The van der Waals surface area contributed by atoms with Gasteiger partial charge in [0.15, 0.2) is 0 Å². The molecule has 0 bridgehead atoms. The summed E-state index contributed by atoms with van der Waals surface area (Å²) in [6, 6.07) is 29.6. The molecule has 3 nitrogen and oxygen atoms in total. The van der Waals surface area contributed by atoms with Crippen molar-refractivity contribution in [1.82, 2.24) is 4.90 Å². The molecule has 3 rings (SSSR count). The maximum atomic E-state index is 12.8. The van der Waals surface area contributed by atoms with Gasteiger partial charge >= 0.3 is 5.97 Å². The first-order valence-corrected chi connectivity index (χ1v) is 9.16. The lowest BCUT2D eigenvalue weighted by atomic mass is 9.86. The van der Waals surface area contributed by atoms with Crippen LogP contribution in [-0.2, 0) is 4.74 Å². The molecular formula is C24H25NO2. The van der Waals surface area contributed by atoms with Crippen molar-refractivity contribution in [2.24, 2.45) is 0 Å². The molecule has 3 aromatic carbocycles. The van der Waals surface area contributed by atoms with Crippen LogP contribution in [0.5, 0.6) is 0 Å². The van der Waals surface area contributed by atoms with Gasteiger partial charge in [-0.3, -0.25) is 0 Å². The summed E-state index contributed by atoms with van der Waals surface area (Å²) >= 11 is 0. The molecule has 0 heterocycles. The summed E-state index contributed by atoms with van der Waals surface area (Å²) in [5.41, 5.74) is 2.84. The smallest absolute Gasteiger partial charge is 0.338 e. The number of hydrogen-bond acceptors (Lipinski definition) is 3. The van der Waals surface area contributed by atoms with Crippen LogP contribution in [-0.4, -0.2) is 37.6 Å². The van der Waals surface area contributed by atoms with Crippen molar-refractivity contribution >= 4 is 5.97 Å². The Balaban J connectivity index is 1.97. The third kappa shape index (κ3) is 5.05. The van der Waals surface area contributed by atoms with Crippen LogP contribution in [0, 0.1) is 0 Å². The zero-order chi connectivity index (χ0) is 19.1. The fourth-order valence-corrected chi connectivity index (χ4v) is 3.29. The number of rotatable bonds is 7. The summed E-state index contributed by atoms with van der Waals surface area (Å²) < 4.78 is 6.04. The van der Waals surface area contributed by atoms with Crippen LogP contribution >= 0.6 is 0 Å². The largest absolute Gasteiger partial charge is 0.456 e. The average molecular weight is 359 g/mol. The highest BCUT2D eigenvalue weighted by Gasteiger charge is 2.29. The minimum Gasteiger partial charge on any atom is -0.456 e. The van der Waals surface area contributed by atoms with Gasteiger partial charge in [0.05, 0.1) is 5.56 Å². The number of carbonyl (C=O) groups excluding carboxylic acids is 1. The van der Waals surface area contributed by atoms with Gasteiger partial charge in [-0.05, 0) is 37.4 Å². The third-order valence-electron chi connectivity index (χ3n) is 4.50. The summed E-state index contributed by atoms with van der Waals surface area (Å²) in [5, 5.41) is 0. The van der Waals surface area contributed by atoms with E-state index in [4.69, 9.17) is 4.74 Å². The Morgan fingerprint density at radius 1 is 0.778 bits per heavy atom. The summed E-state index contributed by atoms with van der Waals surface area (Å²) in [6.45, 7) is 0.632. The van der Waals surface area contributed by atoms with E-state index in [9.17, 15) is 4.79 Å². The first kappa shape index (κ1) is 18.9. The summed E-state index contributed by atoms with van der Waals surface area (Å²) in [7, 11) is 3.99. The molecule has 0 saturated carbocycles. The predicted molar refractivity (Wildman–Crippen MR) is 109 cm³/mol. The van der Waals surface area contributed by atoms with Gasteiger partial charge in [0.1, 0.15) is 6.10 Å². The molecule has 138 valence electrons. The fraction of sp³-hybridized carbons (Fsp3) is 0.208. The Bertz CT molecular complexity index is 793. The Hall–Kier alpha value is -2.91. The first-order valence-electron chi connectivity index (χ1n) is 9.16. The van der Waals surface area contributed by atoms with Gasteiger partial charge in [0.2, 0.25) is 0 Å². The molecule has 0 fully saturated rings. The lowest BCUT2D eigenvalue weighted by molar-refractivity contribution is 0.0199. The SMILES string of the molecule is CN(C)CC(OC(=O)c1ccccc1)C(c1ccccc1)c1ccccc1. The minimum atomic E-state index is -0.308. The molecule has 0 spiro atoms. The summed E-state index contributed by atoms with van der Waals surface area (Å²) in [4.78, 5) is 14.8. The molecule has 3 heteroatoms. The van der Waals surface area contributed by atoms with Crippen molar-refractivity contribution in [2.45, 2.75) is 12.0 Å². The van der Waals surface area contributed by atoms with Gasteiger partial charge in [-0.15, -0.1) is 0 Å². The van der Waals surface area contributed by atoms with E-state index in [1.165, 1.54) is 0 Å². The normalized spacial score (nSPS) is 12.1.